The molecule has 1 unspecified atom stereocenters. The molecule has 0 aliphatic carbocycles. The first-order valence-corrected chi connectivity index (χ1v) is 4.45. The quantitative estimate of drug-likeness (QED) is 0.713. The summed E-state index contributed by atoms with van der Waals surface area (Å²) in [4.78, 5) is 9.78. The molecule has 12 heavy (non-hydrogen) atoms. The maximum Gasteiger partial charge on any atom is 0.0792 e. The summed E-state index contributed by atoms with van der Waals surface area (Å²) in [6.07, 6.45) is 0. The molecule has 0 fully saturated rings. The van der Waals surface area contributed by atoms with Gasteiger partial charge in [-0.2, -0.15) is 0 Å². The van der Waals surface area contributed by atoms with Crippen LogP contribution in [0.2, 0.25) is 0 Å². The fourth-order valence-corrected chi connectivity index (χ4v) is 1.51. The van der Waals surface area contributed by atoms with Gasteiger partial charge in [0, 0.05) is 0 Å². The number of hydrogen-bond acceptors (Lipinski definition) is 2. The Morgan fingerprint density at radius 1 is 1.50 bits per heavy atom. The van der Waals surface area contributed by atoms with Crippen molar-refractivity contribution in [2.24, 2.45) is 0 Å². The Hall–Kier alpha value is -0.830. The topological polar surface area (TPSA) is 40.1 Å². The van der Waals surface area contributed by atoms with E-state index >= 15 is 0 Å². The van der Waals surface area contributed by atoms with Gasteiger partial charge >= 0.3 is 0 Å². The van der Waals surface area contributed by atoms with Crippen molar-refractivity contribution >= 4 is 21.9 Å². The third kappa shape index (κ3) is 1.85. The highest BCUT2D eigenvalue weighted by molar-refractivity contribution is 9.09. The number of carboxylic acid groups (broad SMARTS) is 1. The molecular formula is C9H8BrO2-. The SMILES string of the molecule is Cc1ccccc1C(Br)C(=O)[O-]. The molecule has 3 heteroatoms. The molecule has 1 atom stereocenters. The molecule has 0 saturated carbocycles. The smallest absolute Gasteiger partial charge is 0.0792 e. The van der Waals surface area contributed by atoms with Crippen LogP contribution in [0.25, 0.3) is 0 Å². The molecule has 0 aliphatic rings. The highest BCUT2D eigenvalue weighted by Gasteiger charge is 2.09. The number of aryl methyl sites for hydroxylation is 1. The van der Waals surface area contributed by atoms with E-state index in [2.05, 4.69) is 15.9 Å². The van der Waals surface area contributed by atoms with Gasteiger partial charge in [0.25, 0.3) is 0 Å². The van der Waals surface area contributed by atoms with Crippen LogP contribution in [0.4, 0.5) is 0 Å². The monoisotopic (exact) mass is 227 g/mol. The second kappa shape index (κ2) is 3.72. The van der Waals surface area contributed by atoms with Gasteiger partial charge in [0.2, 0.25) is 0 Å². The number of alkyl halides is 1. The maximum atomic E-state index is 10.5. The molecule has 0 aromatic heterocycles. The minimum Gasteiger partial charge on any atom is -0.549 e. The molecule has 0 saturated heterocycles. The normalized spacial score (nSPS) is 12.5. The van der Waals surface area contributed by atoms with E-state index in [1.54, 1.807) is 12.1 Å². The van der Waals surface area contributed by atoms with E-state index < -0.39 is 10.8 Å². The van der Waals surface area contributed by atoms with Crippen molar-refractivity contribution in [3.8, 4) is 0 Å². The number of benzene rings is 1. The summed E-state index contributed by atoms with van der Waals surface area (Å²) < 4.78 is 0. The van der Waals surface area contributed by atoms with Crippen LogP contribution >= 0.6 is 15.9 Å². The van der Waals surface area contributed by atoms with Gasteiger partial charge in [-0.15, -0.1) is 0 Å². The van der Waals surface area contributed by atoms with Crippen molar-refractivity contribution in [2.75, 3.05) is 0 Å². The molecular weight excluding hydrogens is 220 g/mol. The Kier molecular flexibility index (Phi) is 2.87. The average molecular weight is 228 g/mol. The predicted octanol–water partition coefficient (Wildman–Crippen LogP) is 1.18. The summed E-state index contributed by atoms with van der Waals surface area (Å²) in [5.74, 6) is -1.11. The molecule has 1 aromatic rings. The van der Waals surface area contributed by atoms with Crippen LogP contribution in [0.5, 0.6) is 0 Å². The summed E-state index contributed by atoms with van der Waals surface area (Å²) in [5.41, 5.74) is 1.70. The summed E-state index contributed by atoms with van der Waals surface area (Å²) in [5, 5.41) is 10.5. The second-order valence-electron chi connectivity index (χ2n) is 2.54. The first-order chi connectivity index (χ1) is 5.63. The van der Waals surface area contributed by atoms with Gasteiger partial charge in [0.1, 0.15) is 0 Å². The van der Waals surface area contributed by atoms with Crippen LogP contribution in [-0.4, -0.2) is 5.97 Å². The zero-order valence-corrected chi connectivity index (χ0v) is 8.17. The van der Waals surface area contributed by atoms with E-state index in [1.165, 1.54) is 0 Å². The van der Waals surface area contributed by atoms with Gasteiger partial charge in [-0.3, -0.25) is 0 Å². The Balaban J connectivity index is 3.02. The largest absolute Gasteiger partial charge is 0.549 e. The zero-order valence-electron chi connectivity index (χ0n) is 6.58. The number of carboxylic acids is 1. The summed E-state index contributed by atoms with van der Waals surface area (Å²) in [7, 11) is 0. The Labute approximate surface area is 79.3 Å². The van der Waals surface area contributed by atoms with E-state index in [1.807, 2.05) is 19.1 Å². The predicted molar refractivity (Wildman–Crippen MR) is 47.9 cm³/mol. The van der Waals surface area contributed by atoms with Gasteiger partial charge in [-0.25, -0.2) is 0 Å². The Bertz CT molecular complexity index is 296. The van der Waals surface area contributed by atoms with Crippen LogP contribution < -0.4 is 5.11 Å². The molecule has 0 amide bonds. The zero-order chi connectivity index (χ0) is 9.14. The number of hydrogen-bond donors (Lipinski definition) is 0. The number of aliphatic carboxylic acids is 1. The highest BCUT2D eigenvalue weighted by Crippen LogP contribution is 2.24. The van der Waals surface area contributed by atoms with E-state index in [0.29, 0.717) is 0 Å². The molecule has 64 valence electrons. The van der Waals surface area contributed by atoms with Crippen molar-refractivity contribution in [3.05, 3.63) is 35.4 Å². The lowest BCUT2D eigenvalue weighted by Crippen LogP contribution is -2.26. The second-order valence-corrected chi connectivity index (χ2v) is 3.45. The molecule has 0 bridgehead atoms. The molecule has 1 rings (SSSR count). The third-order valence-electron chi connectivity index (χ3n) is 1.67. The number of halogens is 1. The standard InChI is InChI=1S/C9H9BrO2/c1-6-4-2-3-5-7(6)8(10)9(11)12/h2-5,8H,1H3,(H,11,12)/p-1. The molecule has 2 nitrogen and oxygen atoms in total. The maximum absolute atomic E-state index is 10.5. The van der Waals surface area contributed by atoms with Gasteiger partial charge in [0.05, 0.1) is 10.8 Å². The van der Waals surface area contributed by atoms with Crippen molar-refractivity contribution in [3.63, 3.8) is 0 Å². The van der Waals surface area contributed by atoms with Gasteiger partial charge in [-0.1, -0.05) is 40.2 Å². The first-order valence-electron chi connectivity index (χ1n) is 3.53. The fourth-order valence-electron chi connectivity index (χ4n) is 0.998. The Morgan fingerprint density at radius 2 is 2.08 bits per heavy atom. The van der Waals surface area contributed by atoms with Crippen molar-refractivity contribution < 1.29 is 9.90 Å². The minimum absolute atomic E-state index is 0.710. The average Bonchev–Trinajstić information content (AvgIpc) is 2.04. The lowest BCUT2D eigenvalue weighted by Gasteiger charge is -2.13. The molecule has 0 radical (unpaired) electrons. The number of rotatable bonds is 2. The highest BCUT2D eigenvalue weighted by atomic mass is 79.9. The van der Waals surface area contributed by atoms with Crippen LogP contribution in [0.3, 0.4) is 0 Å². The summed E-state index contributed by atoms with van der Waals surface area (Å²) >= 11 is 3.04. The van der Waals surface area contributed by atoms with Crippen molar-refractivity contribution in [1.82, 2.24) is 0 Å². The number of carbonyl (C=O) groups excluding carboxylic acids is 1. The minimum atomic E-state index is -1.11. The number of carbonyl (C=O) groups is 1. The molecule has 0 spiro atoms. The Morgan fingerprint density at radius 3 is 2.58 bits per heavy atom. The summed E-state index contributed by atoms with van der Waals surface area (Å²) in [6.45, 7) is 1.87. The third-order valence-corrected chi connectivity index (χ3v) is 2.54. The lowest BCUT2D eigenvalue weighted by atomic mass is 10.1. The van der Waals surface area contributed by atoms with Crippen LogP contribution in [-0.2, 0) is 4.79 Å². The molecule has 0 heterocycles. The van der Waals surface area contributed by atoms with E-state index in [9.17, 15) is 9.90 Å². The molecule has 0 aliphatic heterocycles. The van der Waals surface area contributed by atoms with Crippen LogP contribution in [0.1, 0.15) is 16.0 Å². The van der Waals surface area contributed by atoms with Gasteiger partial charge in [0.15, 0.2) is 0 Å². The van der Waals surface area contributed by atoms with Crippen molar-refractivity contribution in [2.45, 2.75) is 11.8 Å². The van der Waals surface area contributed by atoms with Crippen molar-refractivity contribution in [1.29, 1.82) is 0 Å². The van der Waals surface area contributed by atoms with Crippen LogP contribution in [0.15, 0.2) is 24.3 Å². The van der Waals surface area contributed by atoms with E-state index in [-0.39, 0.29) is 0 Å². The van der Waals surface area contributed by atoms with E-state index in [0.717, 1.165) is 11.1 Å². The first kappa shape index (κ1) is 9.26. The van der Waals surface area contributed by atoms with Gasteiger partial charge < -0.3 is 9.90 Å². The molecule has 1 aromatic carbocycles. The van der Waals surface area contributed by atoms with Crippen LogP contribution in [0, 0.1) is 6.92 Å². The summed E-state index contributed by atoms with van der Waals surface area (Å²) in [6, 6.07) is 7.31. The van der Waals surface area contributed by atoms with Gasteiger partial charge in [-0.05, 0) is 18.1 Å². The fraction of sp³-hybridized carbons (Fsp3) is 0.222. The lowest BCUT2D eigenvalue weighted by molar-refractivity contribution is -0.304. The van der Waals surface area contributed by atoms with E-state index in [4.69, 9.17) is 0 Å². The molecule has 0 N–H and O–H groups in total.